The van der Waals surface area contributed by atoms with E-state index in [4.69, 9.17) is 5.73 Å². The van der Waals surface area contributed by atoms with Gasteiger partial charge in [-0.15, -0.1) is 0 Å². The Morgan fingerprint density at radius 2 is 2.10 bits per heavy atom. The second-order valence-electron chi connectivity index (χ2n) is 4.19. The number of carbonyl (C=O) groups excluding carboxylic acids is 1. The molecule has 0 bridgehead atoms. The highest BCUT2D eigenvalue weighted by atomic mass is 32.1. The molecule has 1 amide bonds. The highest BCUT2D eigenvalue weighted by Crippen LogP contribution is 2.27. The number of nitrogens with zero attached hydrogens (tertiary/aromatic N) is 3. The van der Waals surface area contributed by atoms with E-state index in [0.717, 1.165) is 10.2 Å². The van der Waals surface area contributed by atoms with Crippen LogP contribution in [-0.2, 0) is 0 Å². The predicted octanol–water partition coefficient (Wildman–Crippen LogP) is 2.23. The van der Waals surface area contributed by atoms with Gasteiger partial charge in [0, 0.05) is 18.1 Å². The fraction of sp³-hybridized carbons (Fsp3) is 0.0769. The highest BCUT2D eigenvalue weighted by Gasteiger charge is 2.13. The summed E-state index contributed by atoms with van der Waals surface area (Å²) in [6.07, 6.45) is 3.04. The van der Waals surface area contributed by atoms with Crippen molar-refractivity contribution in [1.82, 2.24) is 15.0 Å². The largest absolute Gasteiger partial charge is 0.399 e. The van der Waals surface area contributed by atoms with E-state index in [2.05, 4.69) is 20.3 Å². The molecule has 3 aromatic rings. The SMILES string of the molecule is Cc1nccnc1C(=O)Nc1nc2ccc(N)cc2s1. The first-order valence-corrected chi connectivity index (χ1v) is 6.70. The van der Waals surface area contributed by atoms with Crippen molar-refractivity contribution in [2.24, 2.45) is 0 Å². The average Bonchev–Trinajstić information content (AvgIpc) is 2.80. The smallest absolute Gasteiger partial charge is 0.277 e. The molecule has 0 aliphatic carbocycles. The van der Waals surface area contributed by atoms with Gasteiger partial charge in [0.05, 0.1) is 15.9 Å². The summed E-state index contributed by atoms with van der Waals surface area (Å²) in [5, 5.41) is 3.25. The van der Waals surface area contributed by atoms with Crippen LogP contribution in [0.25, 0.3) is 10.2 Å². The molecule has 0 aliphatic rings. The highest BCUT2D eigenvalue weighted by molar-refractivity contribution is 7.22. The molecule has 0 fully saturated rings. The summed E-state index contributed by atoms with van der Waals surface area (Å²) in [4.78, 5) is 24.5. The van der Waals surface area contributed by atoms with E-state index in [-0.39, 0.29) is 5.91 Å². The Hall–Kier alpha value is -2.54. The molecule has 0 saturated carbocycles. The minimum absolute atomic E-state index is 0.297. The maximum Gasteiger partial charge on any atom is 0.277 e. The van der Waals surface area contributed by atoms with Crippen molar-refractivity contribution >= 4 is 38.3 Å². The lowest BCUT2D eigenvalue weighted by atomic mass is 10.3. The summed E-state index contributed by atoms with van der Waals surface area (Å²) in [6, 6.07) is 5.43. The van der Waals surface area contributed by atoms with E-state index in [9.17, 15) is 4.79 Å². The zero-order valence-corrected chi connectivity index (χ0v) is 11.4. The first-order valence-electron chi connectivity index (χ1n) is 5.88. The third kappa shape index (κ3) is 2.30. The first-order chi connectivity index (χ1) is 9.63. The fourth-order valence-electron chi connectivity index (χ4n) is 1.78. The number of nitrogens with two attached hydrogens (primary N) is 1. The standard InChI is InChI=1S/C13H11N5OS/c1-7-11(16-5-4-15-7)12(19)18-13-17-9-3-2-8(14)6-10(9)20-13/h2-6H,14H2,1H3,(H,17,18,19). The topological polar surface area (TPSA) is 93.8 Å². The molecular weight excluding hydrogens is 274 g/mol. The number of amides is 1. The van der Waals surface area contributed by atoms with Crippen LogP contribution in [0.1, 0.15) is 16.2 Å². The van der Waals surface area contributed by atoms with Gasteiger partial charge in [-0.3, -0.25) is 15.1 Å². The summed E-state index contributed by atoms with van der Waals surface area (Å²) in [6.45, 7) is 1.74. The van der Waals surface area contributed by atoms with Crippen molar-refractivity contribution in [3.05, 3.63) is 42.0 Å². The molecule has 1 aromatic carbocycles. The summed E-state index contributed by atoms with van der Waals surface area (Å²) in [5.41, 5.74) is 8.07. The van der Waals surface area contributed by atoms with Crippen LogP contribution in [0.5, 0.6) is 0 Å². The monoisotopic (exact) mass is 285 g/mol. The Bertz CT molecular complexity index is 798. The van der Waals surface area contributed by atoms with Crippen molar-refractivity contribution in [3.8, 4) is 0 Å². The lowest BCUT2D eigenvalue weighted by Crippen LogP contribution is -2.15. The minimum atomic E-state index is -0.317. The van der Waals surface area contributed by atoms with Gasteiger partial charge in [0.2, 0.25) is 0 Å². The van der Waals surface area contributed by atoms with Crippen LogP contribution < -0.4 is 11.1 Å². The van der Waals surface area contributed by atoms with Gasteiger partial charge >= 0.3 is 0 Å². The molecule has 3 rings (SSSR count). The number of aryl methyl sites for hydroxylation is 1. The Morgan fingerprint density at radius 1 is 1.30 bits per heavy atom. The van der Waals surface area contributed by atoms with E-state index in [0.29, 0.717) is 22.2 Å². The lowest BCUT2D eigenvalue weighted by molar-refractivity contribution is 0.102. The van der Waals surface area contributed by atoms with E-state index in [1.165, 1.54) is 17.5 Å². The minimum Gasteiger partial charge on any atom is -0.399 e. The third-order valence-corrected chi connectivity index (χ3v) is 3.66. The second-order valence-corrected chi connectivity index (χ2v) is 5.22. The van der Waals surface area contributed by atoms with Gasteiger partial charge in [-0.05, 0) is 25.1 Å². The molecule has 6 nitrogen and oxygen atoms in total. The third-order valence-electron chi connectivity index (χ3n) is 2.73. The molecule has 100 valence electrons. The van der Waals surface area contributed by atoms with Crippen LogP contribution in [-0.4, -0.2) is 20.9 Å². The summed E-state index contributed by atoms with van der Waals surface area (Å²) in [5.74, 6) is -0.317. The summed E-state index contributed by atoms with van der Waals surface area (Å²) in [7, 11) is 0. The van der Waals surface area contributed by atoms with Crippen LogP contribution in [0.15, 0.2) is 30.6 Å². The van der Waals surface area contributed by atoms with Crippen LogP contribution in [0.4, 0.5) is 10.8 Å². The van der Waals surface area contributed by atoms with Crippen molar-refractivity contribution in [2.45, 2.75) is 6.92 Å². The molecule has 20 heavy (non-hydrogen) atoms. The van der Waals surface area contributed by atoms with Crippen LogP contribution in [0, 0.1) is 6.92 Å². The lowest BCUT2D eigenvalue weighted by Gasteiger charge is -2.02. The zero-order chi connectivity index (χ0) is 14.1. The molecule has 2 heterocycles. The maximum absolute atomic E-state index is 12.1. The average molecular weight is 285 g/mol. The number of hydrogen-bond donors (Lipinski definition) is 2. The maximum atomic E-state index is 12.1. The van der Waals surface area contributed by atoms with Gasteiger partial charge in [-0.25, -0.2) is 9.97 Å². The van der Waals surface area contributed by atoms with Gasteiger partial charge in [0.15, 0.2) is 5.13 Å². The van der Waals surface area contributed by atoms with E-state index in [1.54, 1.807) is 19.2 Å². The number of nitrogen functional groups attached to an aromatic ring is 1. The molecule has 0 unspecified atom stereocenters. The number of carbonyl (C=O) groups is 1. The van der Waals surface area contributed by atoms with E-state index >= 15 is 0 Å². The number of rotatable bonds is 2. The molecule has 0 atom stereocenters. The number of aromatic nitrogens is 3. The normalized spacial score (nSPS) is 10.7. The van der Waals surface area contributed by atoms with Gasteiger partial charge in [-0.2, -0.15) is 0 Å². The first kappa shape index (κ1) is 12.5. The summed E-state index contributed by atoms with van der Waals surface area (Å²) < 4.78 is 0.927. The Labute approximate surface area is 118 Å². The van der Waals surface area contributed by atoms with Crippen molar-refractivity contribution < 1.29 is 4.79 Å². The number of anilines is 2. The van der Waals surface area contributed by atoms with Crippen molar-refractivity contribution in [3.63, 3.8) is 0 Å². The molecule has 0 radical (unpaired) electrons. The van der Waals surface area contributed by atoms with Crippen molar-refractivity contribution in [1.29, 1.82) is 0 Å². The van der Waals surface area contributed by atoms with Crippen LogP contribution >= 0.6 is 11.3 Å². The number of thiazole rings is 1. The Morgan fingerprint density at radius 3 is 2.90 bits per heavy atom. The molecular formula is C13H11N5OS. The van der Waals surface area contributed by atoms with Gasteiger partial charge in [-0.1, -0.05) is 11.3 Å². The molecule has 2 aromatic heterocycles. The van der Waals surface area contributed by atoms with Gasteiger partial charge in [0.25, 0.3) is 5.91 Å². The molecule has 0 spiro atoms. The molecule has 3 N–H and O–H groups in total. The van der Waals surface area contributed by atoms with E-state index < -0.39 is 0 Å². The van der Waals surface area contributed by atoms with Crippen LogP contribution in [0.2, 0.25) is 0 Å². The molecule has 0 aliphatic heterocycles. The number of fused-ring (bicyclic) bond motifs is 1. The number of nitrogens with one attached hydrogen (secondary N) is 1. The van der Waals surface area contributed by atoms with Gasteiger partial charge in [0.1, 0.15) is 5.69 Å². The molecule has 0 saturated heterocycles. The fourth-order valence-corrected chi connectivity index (χ4v) is 2.69. The Kier molecular flexibility index (Phi) is 3.03. The quantitative estimate of drug-likeness (QED) is 0.704. The molecule has 7 heteroatoms. The van der Waals surface area contributed by atoms with Gasteiger partial charge < -0.3 is 5.73 Å². The van der Waals surface area contributed by atoms with Crippen molar-refractivity contribution in [2.75, 3.05) is 11.1 Å². The zero-order valence-electron chi connectivity index (χ0n) is 10.6. The predicted molar refractivity (Wildman–Crippen MR) is 78.8 cm³/mol. The Balaban J connectivity index is 1.89. The second kappa shape index (κ2) is 4.86. The summed E-state index contributed by atoms with van der Waals surface area (Å²) >= 11 is 1.37. The number of benzene rings is 1. The van der Waals surface area contributed by atoms with E-state index in [1.807, 2.05) is 12.1 Å². The number of hydrogen-bond acceptors (Lipinski definition) is 6. The van der Waals surface area contributed by atoms with Crippen LogP contribution in [0.3, 0.4) is 0 Å².